The maximum Gasteiger partial charge on any atom is 0.152 e. The van der Waals surface area contributed by atoms with Crippen molar-refractivity contribution in [2.45, 2.75) is 13.2 Å². The molecule has 0 radical (unpaired) electrons. The topological polar surface area (TPSA) is 41.5 Å². The summed E-state index contributed by atoms with van der Waals surface area (Å²) in [4.78, 5) is 0. The van der Waals surface area contributed by atoms with E-state index in [1.165, 1.54) is 12.1 Å². The Balaban J connectivity index is 1.75. The lowest BCUT2D eigenvalue weighted by Gasteiger charge is -2.15. The van der Waals surface area contributed by atoms with Crippen LogP contribution in [0.5, 0.6) is 11.5 Å². The molecule has 146 valence electrons. The highest BCUT2D eigenvalue weighted by Gasteiger charge is 2.10. The number of nitrogens with one attached hydrogen (secondary N) is 1. The minimum absolute atomic E-state index is 0.156. The second-order valence-electron chi connectivity index (χ2n) is 5.92. The molecule has 0 amide bonds. The fourth-order valence-corrected chi connectivity index (χ4v) is 3.60. The van der Waals surface area contributed by atoms with Crippen LogP contribution in [0.1, 0.15) is 11.1 Å². The Bertz CT molecular complexity index is 994. The van der Waals surface area contributed by atoms with E-state index in [1.807, 2.05) is 18.2 Å². The first-order valence-corrected chi connectivity index (χ1v) is 10.0. The average molecular weight is 506 g/mol. The first-order valence-electron chi connectivity index (χ1n) is 8.10. The quantitative estimate of drug-likeness (QED) is 0.342. The zero-order valence-electron chi connectivity index (χ0n) is 14.3. The number of hydrogen-bond donors (Lipinski definition) is 2. The lowest BCUT2D eigenvalue weighted by Crippen LogP contribution is -2.04. The van der Waals surface area contributed by atoms with Crippen LogP contribution in [-0.4, -0.2) is 5.11 Å². The summed E-state index contributed by atoms with van der Waals surface area (Å²) in [7, 11) is 0. The largest absolute Gasteiger partial charge is 0.505 e. The van der Waals surface area contributed by atoms with E-state index >= 15 is 0 Å². The van der Waals surface area contributed by atoms with Crippen LogP contribution in [0.2, 0.25) is 15.1 Å². The van der Waals surface area contributed by atoms with E-state index in [1.54, 1.807) is 18.2 Å². The lowest BCUT2D eigenvalue weighted by molar-refractivity contribution is 0.303. The summed E-state index contributed by atoms with van der Waals surface area (Å²) in [6.07, 6.45) is 0. The molecule has 0 atom stereocenters. The molecule has 3 nitrogen and oxygen atoms in total. The minimum atomic E-state index is -0.395. The van der Waals surface area contributed by atoms with Crippen LogP contribution in [0.15, 0.2) is 53.0 Å². The normalized spacial score (nSPS) is 10.8. The molecule has 0 unspecified atom stereocenters. The minimum Gasteiger partial charge on any atom is -0.505 e. The number of phenols is 1. The van der Waals surface area contributed by atoms with Gasteiger partial charge in [-0.05, 0) is 42.5 Å². The third-order valence-electron chi connectivity index (χ3n) is 3.92. The van der Waals surface area contributed by atoms with Crippen molar-refractivity contribution < 1.29 is 14.2 Å². The van der Waals surface area contributed by atoms with Crippen molar-refractivity contribution in [3.8, 4) is 11.5 Å². The first-order chi connectivity index (χ1) is 13.3. The molecular formula is C20H14BrCl3FNO2. The zero-order valence-corrected chi connectivity index (χ0v) is 18.1. The van der Waals surface area contributed by atoms with Crippen LogP contribution in [0.3, 0.4) is 0 Å². The van der Waals surface area contributed by atoms with E-state index in [0.29, 0.717) is 28.6 Å². The van der Waals surface area contributed by atoms with Crippen molar-refractivity contribution in [1.82, 2.24) is 0 Å². The second-order valence-corrected chi connectivity index (χ2v) is 8.06. The maximum atomic E-state index is 13.2. The Morgan fingerprint density at radius 3 is 2.32 bits per heavy atom. The summed E-state index contributed by atoms with van der Waals surface area (Å²) in [6, 6.07) is 13.0. The third-order valence-corrected chi connectivity index (χ3v) is 5.34. The Kier molecular flexibility index (Phi) is 6.94. The van der Waals surface area contributed by atoms with Crippen LogP contribution in [0, 0.1) is 5.82 Å². The first kappa shape index (κ1) is 21.1. The van der Waals surface area contributed by atoms with Gasteiger partial charge in [-0.15, -0.1) is 0 Å². The van der Waals surface area contributed by atoms with Gasteiger partial charge in [0.25, 0.3) is 0 Å². The molecule has 0 aromatic heterocycles. The van der Waals surface area contributed by atoms with Gasteiger partial charge in [0.2, 0.25) is 0 Å². The molecule has 0 aliphatic rings. The van der Waals surface area contributed by atoms with Crippen LogP contribution in [0.25, 0.3) is 0 Å². The second kappa shape index (κ2) is 9.23. The number of rotatable bonds is 6. The molecule has 8 heteroatoms. The zero-order chi connectivity index (χ0) is 20.3. The van der Waals surface area contributed by atoms with Crippen molar-refractivity contribution in [3.05, 3.63) is 85.0 Å². The van der Waals surface area contributed by atoms with Crippen molar-refractivity contribution in [3.63, 3.8) is 0 Å². The van der Waals surface area contributed by atoms with E-state index in [2.05, 4.69) is 21.2 Å². The van der Waals surface area contributed by atoms with Gasteiger partial charge in [0.05, 0.1) is 15.1 Å². The van der Waals surface area contributed by atoms with Gasteiger partial charge in [-0.25, -0.2) is 4.39 Å². The predicted molar refractivity (Wildman–Crippen MR) is 115 cm³/mol. The highest BCUT2D eigenvalue weighted by atomic mass is 79.9. The molecular weight excluding hydrogens is 491 g/mol. The van der Waals surface area contributed by atoms with Gasteiger partial charge < -0.3 is 15.2 Å². The number of anilines is 1. The van der Waals surface area contributed by atoms with Crippen molar-refractivity contribution in [1.29, 1.82) is 0 Å². The number of aromatic hydroxyl groups is 1. The third kappa shape index (κ3) is 5.23. The number of benzene rings is 3. The Morgan fingerprint density at radius 2 is 1.64 bits per heavy atom. The van der Waals surface area contributed by atoms with Gasteiger partial charge >= 0.3 is 0 Å². The molecule has 0 saturated carbocycles. The SMILES string of the molecule is Oc1c(Cl)cc(NCc2cc(Br)ccc2OCc2ccc(F)cc2Cl)cc1Cl. The number of ether oxygens (including phenoxy) is 1. The molecule has 3 aromatic rings. The van der Waals surface area contributed by atoms with E-state index < -0.39 is 5.82 Å². The van der Waals surface area contributed by atoms with Crippen molar-refractivity contribution in [2.75, 3.05) is 5.32 Å². The molecule has 0 fully saturated rings. The van der Waals surface area contributed by atoms with E-state index in [4.69, 9.17) is 39.5 Å². The van der Waals surface area contributed by atoms with E-state index in [9.17, 15) is 9.50 Å². The standard InChI is InChI=1S/C20H14BrCl3FNO2/c21-13-2-4-19(28-10-11-1-3-14(25)6-16(11)22)12(5-13)9-26-15-7-17(23)20(27)18(24)8-15/h1-8,26-27H,9-10H2. The molecule has 0 bridgehead atoms. The smallest absolute Gasteiger partial charge is 0.152 e. The number of hydrogen-bond acceptors (Lipinski definition) is 3. The Labute approximate surface area is 185 Å². The van der Waals surface area contributed by atoms with Crippen LogP contribution in [0.4, 0.5) is 10.1 Å². The van der Waals surface area contributed by atoms with Gasteiger partial charge in [-0.1, -0.05) is 56.8 Å². The predicted octanol–water partition coefficient (Wildman–Crippen LogP) is 7.45. The molecule has 2 N–H and O–H groups in total. The highest BCUT2D eigenvalue weighted by Crippen LogP contribution is 2.35. The summed E-state index contributed by atoms with van der Waals surface area (Å²) < 4.78 is 20.0. The van der Waals surface area contributed by atoms with Gasteiger partial charge in [0.15, 0.2) is 5.75 Å². The summed E-state index contributed by atoms with van der Waals surface area (Å²) in [6.45, 7) is 0.619. The van der Waals surface area contributed by atoms with Crippen molar-refractivity contribution in [2.24, 2.45) is 0 Å². The fraction of sp³-hybridized carbons (Fsp3) is 0.100. The number of halogens is 5. The van der Waals surface area contributed by atoms with Gasteiger partial charge in [0.1, 0.15) is 18.2 Å². The van der Waals surface area contributed by atoms with Gasteiger partial charge in [-0.2, -0.15) is 0 Å². The molecule has 0 spiro atoms. The summed E-state index contributed by atoms with van der Waals surface area (Å²) >= 11 is 21.4. The van der Waals surface area contributed by atoms with Crippen molar-refractivity contribution >= 4 is 56.4 Å². The van der Waals surface area contributed by atoms with Crippen LogP contribution in [-0.2, 0) is 13.2 Å². The van der Waals surface area contributed by atoms with E-state index in [0.717, 1.165) is 10.0 Å². The molecule has 0 heterocycles. The lowest BCUT2D eigenvalue weighted by atomic mass is 10.2. The molecule has 0 saturated heterocycles. The molecule has 3 rings (SSSR count). The summed E-state index contributed by atoms with van der Waals surface area (Å²) in [5.41, 5.74) is 2.20. The maximum absolute atomic E-state index is 13.2. The highest BCUT2D eigenvalue weighted by molar-refractivity contribution is 9.10. The van der Waals surface area contributed by atoms with Gasteiger partial charge in [0, 0.05) is 27.8 Å². The average Bonchev–Trinajstić information content (AvgIpc) is 2.64. The summed E-state index contributed by atoms with van der Waals surface area (Å²) in [5.74, 6) is 0.0945. The number of phenolic OH excluding ortho intramolecular Hbond substituents is 1. The summed E-state index contributed by atoms with van der Waals surface area (Å²) in [5, 5.41) is 13.5. The fourth-order valence-electron chi connectivity index (χ4n) is 2.49. The molecule has 28 heavy (non-hydrogen) atoms. The molecule has 0 aliphatic heterocycles. The molecule has 3 aromatic carbocycles. The van der Waals surface area contributed by atoms with Crippen LogP contribution >= 0.6 is 50.7 Å². The monoisotopic (exact) mass is 503 g/mol. The van der Waals surface area contributed by atoms with E-state index in [-0.39, 0.29) is 22.4 Å². The Morgan fingerprint density at radius 1 is 0.929 bits per heavy atom. The van der Waals surface area contributed by atoms with Crippen LogP contribution < -0.4 is 10.1 Å². The van der Waals surface area contributed by atoms with Gasteiger partial charge in [-0.3, -0.25) is 0 Å². The molecule has 0 aliphatic carbocycles. The Hall–Kier alpha value is -1.66.